The van der Waals surface area contributed by atoms with Crippen molar-refractivity contribution in [1.29, 1.82) is 0 Å². The lowest BCUT2D eigenvalue weighted by atomic mass is 10.1. The number of hydrogen-bond acceptors (Lipinski definition) is 2. The first kappa shape index (κ1) is 13.2. The maximum Gasteiger partial charge on any atom is 0.269 e. The second kappa shape index (κ2) is 5.67. The Morgan fingerprint density at radius 2 is 1.80 bits per heavy atom. The molecule has 20 heavy (non-hydrogen) atoms. The van der Waals surface area contributed by atoms with E-state index in [9.17, 15) is 4.79 Å². The molecule has 2 aromatic rings. The summed E-state index contributed by atoms with van der Waals surface area (Å²) >= 11 is 0. The van der Waals surface area contributed by atoms with Crippen molar-refractivity contribution in [3.05, 3.63) is 51.9 Å². The Bertz CT molecular complexity index is 621. The van der Waals surface area contributed by atoms with Gasteiger partial charge in [-0.2, -0.15) is 0 Å². The summed E-state index contributed by atoms with van der Waals surface area (Å²) in [6, 6.07) is 9.96. The maximum absolute atomic E-state index is 12.2. The summed E-state index contributed by atoms with van der Waals surface area (Å²) in [6.07, 6.45) is 3.81. The predicted octanol–water partition coefficient (Wildman–Crippen LogP) is 2.46. The van der Waals surface area contributed by atoms with Crippen LogP contribution in [-0.2, 0) is 6.54 Å². The summed E-state index contributed by atoms with van der Waals surface area (Å²) in [5.41, 5.74) is 2.96. The standard InChI is InChI=1S/C16H21N3O/c1-13-15(12-18-10-6-3-7-11-18)16(20)17-19(13)14-8-4-2-5-9-14/h2,4-5,8-9H,3,6-7,10-12H2,1H3,(H,17,20). The summed E-state index contributed by atoms with van der Waals surface area (Å²) in [7, 11) is 0. The molecule has 1 aromatic heterocycles. The fraction of sp³-hybridized carbons (Fsp3) is 0.438. The molecule has 0 atom stereocenters. The molecule has 0 aliphatic carbocycles. The molecule has 4 nitrogen and oxygen atoms in total. The minimum atomic E-state index is 0.0388. The van der Waals surface area contributed by atoms with Crippen molar-refractivity contribution < 1.29 is 0 Å². The van der Waals surface area contributed by atoms with E-state index in [0.717, 1.165) is 36.6 Å². The van der Waals surface area contributed by atoms with E-state index in [0.29, 0.717) is 0 Å². The molecule has 0 radical (unpaired) electrons. The molecular formula is C16H21N3O. The van der Waals surface area contributed by atoms with E-state index in [1.54, 1.807) is 0 Å². The van der Waals surface area contributed by atoms with Gasteiger partial charge < -0.3 is 0 Å². The SMILES string of the molecule is Cc1c(CN2CCCCC2)c(=O)[nH]n1-c1ccccc1. The number of rotatable bonds is 3. The molecule has 0 bridgehead atoms. The Morgan fingerprint density at radius 3 is 2.50 bits per heavy atom. The highest BCUT2D eigenvalue weighted by atomic mass is 16.1. The van der Waals surface area contributed by atoms with E-state index in [1.807, 2.05) is 41.9 Å². The number of aromatic nitrogens is 2. The van der Waals surface area contributed by atoms with Crippen LogP contribution < -0.4 is 5.56 Å². The predicted molar refractivity (Wildman–Crippen MR) is 80.3 cm³/mol. The lowest BCUT2D eigenvalue weighted by molar-refractivity contribution is 0.220. The normalized spacial score (nSPS) is 16.4. The fourth-order valence-electron chi connectivity index (χ4n) is 2.91. The van der Waals surface area contributed by atoms with Crippen LogP contribution in [0.25, 0.3) is 5.69 Å². The van der Waals surface area contributed by atoms with Gasteiger partial charge in [0.1, 0.15) is 0 Å². The molecule has 106 valence electrons. The molecule has 3 rings (SSSR count). The molecule has 2 heterocycles. The Labute approximate surface area is 119 Å². The molecule has 0 amide bonds. The van der Waals surface area contributed by atoms with Crippen molar-refractivity contribution in [3.8, 4) is 5.69 Å². The average Bonchev–Trinajstić information content (AvgIpc) is 2.77. The Morgan fingerprint density at radius 1 is 1.10 bits per heavy atom. The van der Waals surface area contributed by atoms with Crippen molar-refractivity contribution >= 4 is 0 Å². The molecule has 1 aliphatic heterocycles. The fourth-order valence-corrected chi connectivity index (χ4v) is 2.91. The van der Waals surface area contributed by atoms with E-state index >= 15 is 0 Å². The number of nitrogens with one attached hydrogen (secondary N) is 1. The first-order valence-electron chi connectivity index (χ1n) is 7.34. The Balaban J connectivity index is 1.89. The van der Waals surface area contributed by atoms with Crippen molar-refractivity contribution in [2.45, 2.75) is 32.7 Å². The average molecular weight is 271 g/mol. The van der Waals surface area contributed by atoms with Crippen molar-refractivity contribution in [1.82, 2.24) is 14.7 Å². The smallest absolute Gasteiger partial charge is 0.269 e. The van der Waals surface area contributed by atoms with E-state index in [4.69, 9.17) is 0 Å². The number of benzene rings is 1. The third-order valence-electron chi connectivity index (χ3n) is 4.10. The molecule has 0 spiro atoms. The topological polar surface area (TPSA) is 41.0 Å². The first-order valence-corrected chi connectivity index (χ1v) is 7.34. The summed E-state index contributed by atoms with van der Waals surface area (Å²) in [5, 5.41) is 2.95. The van der Waals surface area contributed by atoms with Gasteiger partial charge in [-0.15, -0.1) is 0 Å². The number of likely N-dealkylation sites (tertiary alicyclic amines) is 1. The summed E-state index contributed by atoms with van der Waals surface area (Å²) in [5.74, 6) is 0. The lowest BCUT2D eigenvalue weighted by Gasteiger charge is -2.25. The Kier molecular flexibility index (Phi) is 3.74. The molecule has 4 heteroatoms. The maximum atomic E-state index is 12.2. The number of para-hydroxylation sites is 1. The minimum absolute atomic E-state index is 0.0388. The zero-order valence-electron chi connectivity index (χ0n) is 11.9. The second-order valence-electron chi connectivity index (χ2n) is 5.51. The van der Waals surface area contributed by atoms with Gasteiger partial charge in [-0.1, -0.05) is 24.6 Å². The molecule has 1 aliphatic rings. The van der Waals surface area contributed by atoms with Gasteiger partial charge in [0.25, 0.3) is 5.56 Å². The molecule has 0 saturated carbocycles. The van der Waals surface area contributed by atoms with Gasteiger partial charge in [0.2, 0.25) is 0 Å². The van der Waals surface area contributed by atoms with Crippen LogP contribution in [0.15, 0.2) is 35.1 Å². The summed E-state index contributed by atoms with van der Waals surface area (Å²) in [4.78, 5) is 14.6. The van der Waals surface area contributed by atoms with Gasteiger partial charge in [-0.25, -0.2) is 0 Å². The van der Waals surface area contributed by atoms with Gasteiger partial charge in [-0.05, 0) is 45.0 Å². The van der Waals surface area contributed by atoms with Crippen molar-refractivity contribution in [3.63, 3.8) is 0 Å². The number of hydrogen-bond donors (Lipinski definition) is 1. The first-order chi connectivity index (χ1) is 9.75. The van der Waals surface area contributed by atoms with Gasteiger partial charge >= 0.3 is 0 Å². The number of piperidine rings is 1. The lowest BCUT2D eigenvalue weighted by Crippen LogP contribution is -2.31. The van der Waals surface area contributed by atoms with Crippen LogP contribution in [0.3, 0.4) is 0 Å². The number of aromatic amines is 1. The molecule has 1 fully saturated rings. The highest BCUT2D eigenvalue weighted by molar-refractivity contribution is 5.34. The van der Waals surface area contributed by atoms with Gasteiger partial charge in [-0.3, -0.25) is 19.5 Å². The highest BCUT2D eigenvalue weighted by Crippen LogP contribution is 2.15. The monoisotopic (exact) mass is 271 g/mol. The minimum Gasteiger partial charge on any atom is -0.299 e. The highest BCUT2D eigenvalue weighted by Gasteiger charge is 2.17. The molecular weight excluding hydrogens is 250 g/mol. The van der Waals surface area contributed by atoms with E-state index < -0.39 is 0 Å². The molecule has 1 N–H and O–H groups in total. The van der Waals surface area contributed by atoms with Crippen LogP contribution in [0.4, 0.5) is 0 Å². The van der Waals surface area contributed by atoms with Gasteiger partial charge in [0.15, 0.2) is 0 Å². The van der Waals surface area contributed by atoms with Crippen LogP contribution in [0.1, 0.15) is 30.5 Å². The number of nitrogens with zero attached hydrogens (tertiary/aromatic N) is 2. The summed E-state index contributed by atoms with van der Waals surface area (Å²) in [6.45, 7) is 5.00. The van der Waals surface area contributed by atoms with Gasteiger partial charge in [0.05, 0.1) is 11.3 Å². The van der Waals surface area contributed by atoms with Crippen LogP contribution in [0.2, 0.25) is 0 Å². The quantitative estimate of drug-likeness (QED) is 0.931. The van der Waals surface area contributed by atoms with E-state index in [-0.39, 0.29) is 5.56 Å². The zero-order chi connectivity index (χ0) is 13.9. The van der Waals surface area contributed by atoms with E-state index in [1.165, 1.54) is 19.3 Å². The zero-order valence-corrected chi connectivity index (χ0v) is 11.9. The van der Waals surface area contributed by atoms with Crippen molar-refractivity contribution in [2.24, 2.45) is 0 Å². The largest absolute Gasteiger partial charge is 0.299 e. The van der Waals surface area contributed by atoms with Crippen molar-refractivity contribution in [2.75, 3.05) is 13.1 Å². The third kappa shape index (κ3) is 2.56. The van der Waals surface area contributed by atoms with Crippen LogP contribution in [0.5, 0.6) is 0 Å². The van der Waals surface area contributed by atoms with Crippen LogP contribution in [0, 0.1) is 6.92 Å². The van der Waals surface area contributed by atoms with Crippen LogP contribution >= 0.6 is 0 Å². The third-order valence-corrected chi connectivity index (χ3v) is 4.10. The molecule has 1 aromatic carbocycles. The van der Waals surface area contributed by atoms with Crippen LogP contribution in [-0.4, -0.2) is 27.8 Å². The van der Waals surface area contributed by atoms with E-state index in [2.05, 4.69) is 10.00 Å². The molecule has 0 unspecified atom stereocenters. The Hall–Kier alpha value is -1.81. The second-order valence-corrected chi connectivity index (χ2v) is 5.51. The summed E-state index contributed by atoms with van der Waals surface area (Å²) < 4.78 is 1.89. The molecule has 1 saturated heterocycles. The van der Waals surface area contributed by atoms with Gasteiger partial charge in [0, 0.05) is 12.2 Å². The number of H-pyrrole nitrogens is 1.